The summed E-state index contributed by atoms with van der Waals surface area (Å²) in [5.74, 6) is 1.03. The van der Waals surface area contributed by atoms with Crippen molar-refractivity contribution in [1.29, 1.82) is 0 Å². The van der Waals surface area contributed by atoms with Gasteiger partial charge in [0.15, 0.2) is 0 Å². The average molecular weight is 289 g/mol. The predicted molar refractivity (Wildman–Crippen MR) is 90.0 cm³/mol. The molecule has 118 valence electrons. The normalized spacial score (nSPS) is 23.3. The third-order valence-electron chi connectivity index (χ3n) is 4.42. The lowest BCUT2D eigenvalue weighted by atomic mass is 9.94. The van der Waals surface area contributed by atoms with Gasteiger partial charge in [0.25, 0.3) is 0 Å². The number of rotatable bonds is 6. The van der Waals surface area contributed by atoms with E-state index in [4.69, 9.17) is 4.74 Å². The molecule has 1 aromatic rings. The van der Waals surface area contributed by atoms with E-state index in [1.54, 1.807) is 0 Å². The lowest BCUT2D eigenvalue weighted by molar-refractivity contribution is 0.128. The Bertz CT molecular complexity index is 387. The Morgan fingerprint density at radius 3 is 2.38 bits per heavy atom. The maximum Gasteiger partial charge on any atom is 0.119 e. The molecule has 2 atom stereocenters. The molecule has 0 amide bonds. The van der Waals surface area contributed by atoms with Gasteiger partial charge in [-0.25, -0.2) is 0 Å². The van der Waals surface area contributed by atoms with Crippen molar-refractivity contribution in [2.75, 3.05) is 6.54 Å². The van der Waals surface area contributed by atoms with Crippen LogP contribution in [-0.2, 0) is 6.42 Å². The average Bonchev–Trinajstić information content (AvgIpc) is 2.48. The Balaban J connectivity index is 1.98. The molecule has 1 N–H and O–H groups in total. The quantitative estimate of drug-likeness (QED) is 0.818. The van der Waals surface area contributed by atoms with Crippen molar-refractivity contribution >= 4 is 0 Å². The van der Waals surface area contributed by atoms with Gasteiger partial charge in [0.2, 0.25) is 0 Å². The molecule has 1 aliphatic carbocycles. The maximum atomic E-state index is 6.33. The van der Waals surface area contributed by atoms with Crippen molar-refractivity contribution in [3.63, 3.8) is 0 Å². The number of benzene rings is 1. The molecule has 2 nitrogen and oxygen atoms in total. The van der Waals surface area contributed by atoms with Gasteiger partial charge in [-0.1, -0.05) is 51.7 Å². The van der Waals surface area contributed by atoms with Crippen molar-refractivity contribution in [2.45, 2.75) is 77.4 Å². The van der Waals surface area contributed by atoms with Gasteiger partial charge in [-0.15, -0.1) is 0 Å². The fourth-order valence-corrected chi connectivity index (χ4v) is 3.29. The fourth-order valence-electron chi connectivity index (χ4n) is 3.29. The van der Waals surface area contributed by atoms with Gasteiger partial charge in [-0.2, -0.15) is 0 Å². The van der Waals surface area contributed by atoms with Crippen LogP contribution in [0.3, 0.4) is 0 Å². The molecule has 1 aliphatic rings. The summed E-state index contributed by atoms with van der Waals surface area (Å²) in [5.41, 5.74) is 1.41. The molecule has 0 radical (unpaired) electrons. The van der Waals surface area contributed by atoms with Crippen LogP contribution >= 0.6 is 0 Å². The van der Waals surface area contributed by atoms with Gasteiger partial charge in [-0.05, 0) is 49.9 Å². The monoisotopic (exact) mass is 289 g/mol. The van der Waals surface area contributed by atoms with E-state index in [2.05, 4.69) is 43.4 Å². The number of hydrogen-bond donors (Lipinski definition) is 1. The van der Waals surface area contributed by atoms with Crippen molar-refractivity contribution < 1.29 is 4.74 Å². The van der Waals surface area contributed by atoms with Crippen molar-refractivity contribution in [3.05, 3.63) is 29.8 Å². The van der Waals surface area contributed by atoms with E-state index in [0.717, 1.165) is 18.7 Å². The topological polar surface area (TPSA) is 21.3 Å². The summed E-state index contributed by atoms with van der Waals surface area (Å²) < 4.78 is 6.33. The van der Waals surface area contributed by atoms with Crippen LogP contribution in [0.2, 0.25) is 0 Å². The SMILES string of the molecule is CCCc1ccc(OC2CCCCCCC2NCC)cc1. The van der Waals surface area contributed by atoms with Crippen molar-refractivity contribution in [3.8, 4) is 5.75 Å². The molecule has 0 aromatic heterocycles. The summed E-state index contributed by atoms with van der Waals surface area (Å²) in [6.07, 6.45) is 10.4. The third kappa shape index (κ3) is 5.35. The molecule has 0 heterocycles. The van der Waals surface area contributed by atoms with E-state index in [1.807, 2.05) is 0 Å². The first-order valence-electron chi connectivity index (χ1n) is 8.82. The highest BCUT2D eigenvalue weighted by Crippen LogP contribution is 2.23. The number of nitrogens with one attached hydrogen (secondary N) is 1. The molecule has 1 fully saturated rings. The molecule has 2 unspecified atom stereocenters. The Hall–Kier alpha value is -1.02. The van der Waals surface area contributed by atoms with E-state index in [-0.39, 0.29) is 0 Å². The second-order valence-corrected chi connectivity index (χ2v) is 6.21. The van der Waals surface area contributed by atoms with Gasteiger partial charge >= 0.3 is 0 Å². The van der Waals surface area contributed by atoms with E-state index in [9.17, 15) is 0 Å². The molecule has 0 spiro atoms. The molecule has 21 heavy (non-hydrogen) atoms. The summed E-state index contributed by atoms with van der Waals surface area (Å²) in [6, 6.07) is 9.22. The Morgan fingerprint density at radius 2 is 1.71 bits per heavy atom. The Morgan fingerprint density at radius 1 is 1.00 bits per heavy atom. The lowest BCUT2D eigenvalue weighted by Gasteiger charge is -2.30. The lowest BCUT2D eigenvalue weighted by Crippen LogP contribution is -2.43. The Labute approximate surface area is 130 Å². The van der Waals surface area contributed by atoms with E-state index in [0.29, 0.717) is 12.1 Å². The molecular weight excluding hydrogens is 258 g/mol. The zero-order valence-corrected chi connectivity index (χ0v) is 13.7. The number of ether oxygens (including phenoxy) is 1. The van der Waals surface area contributed by atoms with Gasteiger partial charge < -0.3 is 10.1 Å². The predicted octanol–water partition coefficient (Wildman–Crippen LogP) is 4.72. The second kappa shape index (κ2) is 9.09. The highest BCUT2D eigenvalue weighted by atomic mass is 16.5. The maximum absolute atomic E-state index is 6.33. The minimum atomic E-state index is 0.322. The van der Waals surface area contributed by atoms with Crippen LogP contribution in [0.5, 0.6) is 5.75 Å². The number of aryl methyl sites for hydroxylation is 1. The molecule has 1 aromatic carbocycles. The highest BCUT2D eigenvalue weighted by Gasteiger charge is 2.23. The minimum absolute atomic E-state index is 0.322. The molecule has 0 aliphatic heterocycles. The van der Waals surface area contributed by atoms with Crippen LogP contribution in [0.15, 0.2) is 24.3 Å². The standard InChI is InChI=1S/C19H31NO/c1-3-9-16-12-14-17(15-13-16)21-19-11-8-6-5-7-10-18(19)20-4-2/h12-15,18-20H,3-11H2,1-2H3. The highest BCUT2D eigenvalue weighted by molar-refractivity contribution is 5.27. The van der Waals surface area contributed by atoms with Crippen LogP contribution in [0, 0.1) is 0 Å². The van der Waals surface area contributed by atoms with E-state index < -0.39 is 0 Å². The van der Waals surface area contributed by atoms with Gasteiger partial charge in [0.1, 0.15) is 11.9 Å². The molecule has 0 bridgehead atoms. The number of hydrogen-bond acceptors (Lipinski definition) is 2. The van der Waals surface area contributed by atoms with E-state index >= 15 is 0 Å². The smallest absolute Gasteiger partial charge is 0.119 e. The van der Waals surface area contributed by atoms with Gasteiger partial charge in [0, 0.05) is 6.04 Å². The molecule has 2 rings (SSSR count). The molecule has 2 heteroatoms. The first-order chi connectivity index (χ1) is 10.3. The fraction of sp³-hybridized carbons (Fsp3) is 0.684. The Kier molecular flexibility index (Phi) is 7.08. The first-order valence-corrected chi connectivity index (χ1v) is 8.82. The molecule has 1 saturated carbocycles. The summed E-state index contributed by atoms with van der Waals surface area (Å²) >= 11 is 0. The van der Waals surface area contributed by atoms with Gasteiger partial charge in [-0.3, -0.25) is 0 Å². The van der Waals surface area contributed by atoms with Crippen LogP contribution < -0.4 is 10.1 Å². The number of likely N-dealkylation sites (N-methyl/N-ethyl adjacent to an activating group) is 1. The van der Waals surface area contributed by atoms with Gasteiger partial charge in [0.05, 0.1) is 0 Å². The van der Waals surface area contributed by atoms with Crippen LogP contribution in [-0.4, -0.2) is 18.7 Å². The summed E-state index contributed by atoms with van der Waals surface area (Å²) in [5, 5.41) is 3.63. The second-order valence-electron chi connectivity index (χ2n) is 6.21. The van der Waals surface area contributed by atoms with Crippen LogP contribution in [0.4, 0.5) is 0 Å². The third-order valence-corrected chi connectivity index (χ3v) is 4.42. The molecule has 0 saturated heterocycles. The van der Waals surface area contributed by atoms with Crippen molar-refractivity contribution in [2.24, 2.45) is 0 Å². The summed E-state index contributed by atoms with van der Waals surface area (Å²) in [6.45, 7) is 5.44. The zero-order chi connectivity index (χ0) is 14.9. The van der Waals surface area contributed by atoms with Crippen LogP contribution in [0.1, 0.15) is 64.4 Å². The largest absolute Gasteiger partial charge is 0.489 e. The zero-order valence-electron chi connectivity index (χ0n) is 13.7. The first kappa shape index (κ1) is 16.4. The van der Waals surface area contributed by atoms with Crippen LogP contribution in [0.25, 0.3) is 0 Å². The summed E-state index contributed by atoms with van der Waals surface area (Å²) in [4.78, 5) is 0. The van der Waals surface area contributed by atoms with E-state index in [1.165, 1.54) is 50.5 Å². The van der Waals surface area contributed by atoms with Crippen molar-refractivity contribution in [1.82, 2.24) is 5.32 Å². The minimum Gasteiger partial charge on any atom is -0.489 e. The molecular formula is C19H31NO. The summed E-state index contributed by atoms with van der Waals surface area (Å²) in [7, 11) is 0.